The van der Waals surface area contributed by atoms with Crippen LogP contribution in [0.15, 0.2) is 18.2 Å². The van der Waals surface area contributed by atoms with E-state index in [1.54, 1.807) is 0 Å². The lowest BCUT2D eigenvalue weighted by molar-refractivity contribution is -0.122. The van der Waals surface area contributed by atoms with E-state index in [1.165, 1.54) is 17.5 Å². The van der Waals surface area contributed by atoms with Gasteiger partial charge >= 0.3 is 0 Å². The Morgan fingerprint density at radius 1 is 1.37 bits per heavy atom. The van der Waals surface area contributed by atoms with Gasteiger partial charge in [0.05, 0.1) is 5.54 Å². The van der Waals surface area contributed by atoms with Crippen LogP contribution in [-0.2, 0) is 4.79 Å². The smallest absolute Gasteiger partial charge is 0.244 e. The number of carbonyl (C=O) groups excluding carboxylic acids is 1. The number of hydrogen-bond donors (Lipinski definition) is 2. The van der Waals surface area contributed by atoms with Gasteiger partial charge < -0.3 is 11.1 Å². The summed E-state index contributed by atoms with van der Waals surface area (Å²) >= 11 is 0. The minimum Gasteiger partial charge on any atom is -0.324 e. The van der Waals surface area contributed by atoms with Crippen molar-refractivity contribution in [2.45, 2.75) is 52.0 Å². The molecule has 0 bridgehead atoms. The monoisotopic (exact) mass is 260 g/mol. The summed E-state index contributed by atoms with van der Waals surface area (Å²) in [6.07, 6.45) is 3.78. The molecule has 0 spiro atoms. The third kappa shape index (κ3) is 3.16. The van der Waals surface area contributed by atoms with E-state index in [9.17, 15) is 4.79 Å². The highest BCUT2D eigenvalue weighted by Gasteiger charge is 2.37. The molecule has 0 aliphatic heterocycles. The molecule has 104 valence electrons. The number of aryl methyl sites for hydroxylation is 2. The third-order valence-electron chi connectivity index (χ3n) is 4.25. The van der Waals surface area contributed by atoms with Crippen molar-refractivity contribution in [3.05, 3.63) is 29.3 Å². The van der Waals surface area contributed by atoms with Crippen molar-refractivity contribution in [2.75, 3.05) is 5.32 Å². The van der Waals surface area contributed by atoms with Gasteiger partial charge in [-0.25, -0.2) is 0 Å². The van der Waals surface area contributed by atoms with E-state index in [1.807, 2.05) is 25.1 Å². The predicted octanol–water partition coefficient (Wildman–Crippen LogP) is 3.15. The van der Waals surface area contributed by atoms with Crippen LogP contribution in [0.5, 0.6) is 0 Å². The summed E-state index contributed by atoms with van der Waals surface area (Å²) in [5.41, 5.74) is 8.85. The Hall–Kier alpha value is -1.35. The zero-order valence-electron chi connectivity index (χ0n) is 12.1. The molecule has 2 atom stereocenters. The average molecular weight is 260 g/mol. The van der Waals surface area contributed by atoms with E-state index in [-0.39, 0.29) is 5.91 Å². The van der Waals surface area contributed by atoms with Crippen LogP contribution in [0.25, 0.3) is 0 Å². The zero-order valence-corrected chi connectivity index (χ0v) is 12.1. The molecular formula is C16H24N2O. The number of hydrogen-bond acceptors (Lipinski definition) is 2. The van der Waals surface area contributed by atoms with Crippen molar-refractivity contribution in [3.8, 4) is 0 Å². The van der Waals surface area contributed by atoms with E-state index in [4.69, 9.17) is 5.73 Å². The second-order valence-corrected chi connectivity index (χ2v) is 6.11. The van der Waals surface area contributed by atoms with Gasteiger partial charge in [-0.05, 0) is 55.9 Å². The summed E-state index contributed by atoms with van der Waals surface area (Å²) in [5.74, 6) is 0.492. The predicted molar refractivity (Wildman–Crippen MR) is 79.1 cm³/mol. The summed E-state index contributed by atoms with van der Waals surface area (Å²) in [4.78, 5) is 12.4. The fourth-order valence-corrected chi connectivity index (χ4v) is 2.87. The Balaban J connectivity index is 2.09. The number of benzene rings is 1. The van der Waals surface area contributed by atoms with Crippen LogP contribution in [0.4, 0.5) is 5.69 Å². The number of anilines is 1. The lowest BCUT2D eigenvalue weighted by Crippen LogP contribution is -2.53. The molecule has 1 aromatic rings. The Labute approximate surface area is 115 Å². The van der Waals surface area contributed by atoms with Gasteiger partial charge in [-0.15, -0.1) is 0 Å². The molecule has 1 fully saturated rings. The summed E-state index contributed by atoms with van der Waals surface area (Å²) in [6.45, 7) is 6.28. The van der Waals surface area contributed by atoms with Crippen molar-refractivity contribution in [1.29, 1.82) is 0 Å². The van der Waals surface area contributed by atoms with Gasteiger partial charge in [0.1, 0.15) is 0 Å². The second-order valence-electron chi connectivity index (χ2n) is 6.11. The molecule has 0 aromatic heterocycles. The molecule has 19 heavy (non-hydrogen) atoms. The van der Waals surface area contributed by atoms with Crippen LogP contribution in [0.3, 0.4) is 0 Å². The maximum Gasteiger partial charge on any atom is 0.244 e. The molecule has 1 aromatic carbocycles. The molecule has 0 radical (unpaired) electrons. The van der Waals surface area contributed by atoms with Crippen LogP contribution in [-0.4, -0.2) is 11.4 Å². The van der Waals surface area contributed by atoms with Crippen LogP contribution in [0.1, 0.15) is 43.7 Å². The lowest BCUT2D eigenvalue weighted by Gasteiger charge is -2.35. The van der Waals surface area contributed by atoms with Crippen molar-refractivity contribution in [2.24, 2.45) is 11.7 Å². The van der Waals surface area contributed by atoms with Crippen molar-refractivity contribution >= 4 is 11.6 Å². The van der Waals surface area contributed by atoms with Gasteiger partial charge in [0, 0.05) is 5.69 Å². The molecule has 0 saturated heterocycles. The fraction of sp³-hybridized carbons (Fsp3) is 0.562. The average Bonchev–Trinajstić information content (AvgIpc) is 2.33. The highest BCUT2D eigenvalue weighted by molar-refractivity contribution is 5.98. The molecule has 3 heteroatoms. The molecule has 2 rings (SSSR count). The Morgan fingerprint density at radius 3 is 2.74 bits per heavy atom. The van der Waals surface area contributed by atoms with Gasteiger partial charge in [-0.1, -0.05) is 25.8 Å². The summed E-state index contributed by atoms with van der Waals surface area (Å²) in [6, 6.07) is 5.97. The van der Waals surface area contributed by atoms with E-state index in [0.29, 0.717) is 5.92 Å². The highest BCUT2D eigenvalue weighted by Crippen LogP contribution is 2.31. The van der Waals surface area contributed by atoms with Crippen LogP contribution in [0, 0.1) is 19.8 Å². The fourth-order valence-electron chi connectivity index (χ4n) is 2.87. The molecule has 1 saturated carbocycles. The third-order valence-corrected chi connectivity index (χ3v) is 4.25. The second kappa shape index (κ2) is 5.33. The normalized spacial score (nSPS) is 27.1. The van der Waals surface area contributed by atoms with E-state index in [2.05, 4.69) is 19.2 Å². The number of nitrogens with two attached hydrogens (primary N) is 1. The molecule has 2 unspecified atom stereocenters. The largest absolute Gasteiger partial charge is 0.324 e. The zero-order chi connectivity index (χ0) is 14.0. The standard InChI is InChI=1S/C16H24N2O/c1-11-5-4-8-16(17,10-11)15(19)18-14-7-6-12(2)13(3)9-14/h6-7,9,11H,4-5,8,10,17H2,1-3H3,(H,18,19). The number of carbonyl (C=O) groups is 1. The van der Waals surface area contributed by atoms with Gasteiger partial charge in [0.15, 0.2) is 0 Å². The molecular weight excluding hydrogens is 236 g/mol. The van der Waals surface area contributed by atoms with Crippen LogP contribution >= 0.6 is 0 Å². The number of amides is 1. The first kappa shape index (κ1) is 14.1. The number of rotatable bonds is 2. The summed E-state index contributed by atoms with van der Waals surface area (Å²) in [5, 5.41) is 2.98. The quantitative estimate of drug-likeness (QED) is 0.858. The molecule has 0 heterocycles. The molecule has 1 aliphatic carbocycles. The van der Waals surface area contributed by atoms with Gasteiger partial charge in [0.2, 0.25) is 5.91 Å². The first-order valence-corrected chi connectivity index (χ1v) is 7.08. The molecule has 3 N–H and O–H groups in total. The van der Waals surface area contributed by atoms with Gasteiger partial charge in [-0.3, -0.25) is 4.79 Å². The molecule has 3 nitrogen and oxygen atoms in total. The first-order valence-electron chi connectivity index (χ1n) is 7.08. The van der Waals surface area contributed by atoms with E-state index < -0.39 is 5.54 Å². The molecule has 1 aliphatic rings. The topological polar surface area (TPSA) is 55.1 Å². The van der Waals surface area contributed by atoms with Crippen molar-refractivity contribution < 1.29 is 4.79 Å². The summed E-state index contributed by atoms with van der Waals surface area (Å²) in [7, 11) is 0. The van der Waals surface area contributed by atoms with Gasteiger partial charge in [0.25, 0.3) is 0 Å². The first-order chi connectivity index (χ1) is 8.90. The maximum atomic E-state index is 12.4. The minimum atomic E-state index is -0.698. The molecule has 1 amide bonds. The Morgan fingerprint density at radius 2 is 2.11 bits per heavy atom. The van der Waals surface area contributed by atoms with Crippen LogP contribution < -0.4 is 11.1 Å². The SMILES string of the molecule is Cc1ccc(NC(=O)C2(N)CCCC(C)C2)cc1C. The van der Waals surface area contributed by atoms with E-state index in [0.717, 1.165) is 24.9 Å². The minimum absolute atomic E-state index is 0.0395. The lowest BCUT2D eigenvalue weighted by atomic mass is 9.76. The van der Waals surface area contributed by atoms with Crippen molar-refractivity contribution in [1.82, 2.24) is 0 Å². The van der Waals surface area contributed by atoms with E-state index >= 15 is 0 Å². The van der Waals surface area contributed by atoms with Gasteiger partial charge in [-0.2, -0.15) is 0 Å². The highest BCUT2D eigenvalue weighted by atomic mass is 16.2. The van der Waals surface area contributed by atoms with Crippen molar-refractivity contribution in [3.63, 3.8) is 0 Å². The number of nitrogens with one attached hydrogen (secondary N) is 1. The maximum absolute atomic E-state index is 12.4. The summed E-state index contributed by atoms with van der Waals surface area (Å²) < 4.78 is 0. The van der Waals surface area contributed by atoms with Crippen LogP contribution in [0.2, 0.25) is 0 Å². The Bertz CT molecular complexity index is 484. The Kier molecular flexibility index (Phi) is 3.95.